The number of aromatic nitrogens is 1. The quantitative estimate of drug-likeness (QED) is 0.501. The molecule has 1 aromatic carbocycles. The van der Waals surface area contributed by atoms with Gasteiger partial charge < -0.3 is 34.9 Å². The number of piperidine rings is 1. The summed E-state index contributed by atoms with van der Waals surface area (Å²) in [5.74, 6) is -0.850. The molecule has 196 valence electrons. The predicted molar refractivity (Wildman–Crippen MR) is 133 cm³/mol. The lowest BCUT2D eigenvalue weighted by molar-refractivity contribution is 0.0185. The van der Waals surface area contributed by atoms with Crippen LogP contribution in [0.5, 0.6) is 0 Å². The first-order valence-electron chi connectivity index (χ1n) is 11.9. The van der Waals surface area contributed by atoms with Crippen molar-refractivity contribution in [2.45, 2.75) is 45.3 Å². The number of carbonyl (C=O) groups is 3. The van der Waals surface area contributed by atoms with E-state index in [1.165, 1.54) is 25.4 Å². The third-order valence-electron chi connectivity index (χ3n) is 5.43. The van der Waals surface area contributed by atoms with Gasteiger partial charge in [-0.05, 0) is 51.8 Å². The van der Waals surface area contributed by atoms with E-state index in [4.69, 9.17) is 9.47 Å². The smallest absolute Gasteiger partial charge is 0.410 e. The molecule has 1 fully saturated rings. The number of methoxy groups -OCH3 is 1. The number of nitrogens with zero attached hydrogens (tertiary/aromatic N) is 2. The Hall–Kier alpha value is -3.60. The van der Waals surface area contributed by atoms with Crippen LogP contribution in [-0.4, -0.2) is 72.5 Å². The fraction of sp³-hybridized carbons (Fsp3) is 0.480. The number of ether oxygens (including phenoxy) is 2. The van der Waals surface area contributed by atoms with Crippen LogP contribution < -0.4 is 16.0 Å². The summed E-state index contributed by atoms with van der Waals surface area (Å²) in [6.07, 6.45) is 4.06. The number of urea groups is 1. The van der Waals surface area contributed by atoms with Crippen LogP contribution in [0, 0.1) is 5.82 Å². The van der Waals surface area contributed by atoms with Crippen molar-refractivity contribution in [3.63, 3.8) is 0 Å². The number of likely N-dealkylation sites (tertiary alicyclic amines) is 1. The first-order valence-corrected chi connectivity index (χ1v) is 11.9. The standard InChI is InChI=1S/C25H34FN5O5/c1-25(2,3)36-24(34)30-11-6-8-18(14-30)28-22(32)20-15-31(19-9-5-7-17(26)13-19)16-21(20)29-23(33)27-10-12-35-4/h5,7,9,13,15-16,18H,6,8,10-12,14H2,1-4H3,(H,28,32)(H2,27,29,33). The number of amides is 4. The Balaban J connectivity index is 1.76. The normalized spacial score (nSPS) is 15.8. The van der Waals surface area contributed by atoms with Gasteiger partial charge in [-0.1, -0.05) is 6.07 Å². The number of carbonyl (C=O) groups excluding carboxylic acids is 3. The topological polar surface area (TPSA) is 114 Å². The Morgan fingerprint density at radius 1 is 1.19 bits per heavy atom. The number of halogens is 1. The monoisotopic (exact) mass is 503 g/mol. The highest BCUT2D eigenvalue weighted by Crippen LogP contribution is 2.23. The lowest BCUT2D eigenvalue weighted by Crippen LogP contribution is -2.50. The van der Waals surface area contributed by atoms with E-state index in [-0.39, 0.29) is 23.8 Å². The summed E-state index contributed by atoms with van der Waals surface area (Å²) in [6, 6.07) is 5.09. The van der Waals surface area contributed by atoms with Crippen molar-refractivity contribution in [1.82, 2.24) is 20.1 Å². The summed E-state index contributed by atoms with van der Waals surface area (Å²) >= 11 is 0. The Labute approximate surface area is 210 Å². The maximum absolute atomic E-state index is 13.8. The molecule has 10 nitrogen and oxygen atoms in total. The van der Waals surface area contributed by atoms with Crippen molar-refractivity contribution < 1.29 is 28.2 Å². The molecule has 1 unspecified atom stereocenters. The zero-order valence-electron chi connectivity index (χ0n) is 21.1. The highest BCUT2D eigenvalue weighted by atomic mass is 19.1. The van der Waals surface area contributed by atoms with Gasteiger partial charge in [-0.2, -0.15) is 0 Å². The van der Waals surface area contributed by atoms with Crippen LogP contribution in [-0.2, 0) is 9.47 Å². The second-order valence-corrected chi connectivity index (χ2v) is 9.59. The van der Waals surface area contributed by atoms with Crippen molar-refractivity contribution in [3.05, 3.63) is 48.0 Å². The van der Waals surface area contributed by atoms with E-state index in [1.807, 2.05) is 0 Å². The van der Waals surface area contributed by atoms with E-state index in [0.29, 0.717) is 38.2 Å². The molecule has 0 spiro atoms. The van der Waals surface area contributed by atoms with Gasteiger partial charge in [0.25, 0.3) is 5.91 Å². The summed E-state index contributed by atoms with van der Waals surface area (Å²) in [5.41, 5.74) is 0.338. The van der Waals surface area contributed by atoms with Gasteiger partial charge in [0.2, 0.25) is 0 Å². The van der Waals surface area contributed by atoms with Gasteiger partial charge in [0.15, 0.2) is 0 Å². The molecule has 11 heteroatoms. The molecule has 0 saturated carbocycles. The fourth-order valence-electron chi connectivity index (χ4n) is 3.80. The number of benzene rings is 1. The van der Waals surface area contributed by atoms with Crippen LogP contribution in [0.4, 0.5) is 19.7 Å². The van der Waals surface area contributed by atoms with E-state index in [9.17, 15) is 18.8 Å². The van der Waals surface area contributed by atoms with Crippen LogP contribution in [0.1, 0.15) is 44.0 Å². The molecular weight excluding hydrogens is 469 g/mol. The minimum absolute atomic E-state index is 0.204. The second kappa shape index (κ2) is 11.9. The van der Waals surface area contributed by atoms with Crippen LogP contribution in [0.2, 0.25) is 0 Å². The van der Waals surface area contributed by atoms with Gasteiger partial charge in [-0.25, -0.2) is 14.0 Å². The molecule has 1 aliphatic rings. The van der Waals surface area contributed by atoms with E-state index in [0.717, 1.165) is 0 Å². The molecule has 2 aromatic rings. The third-order valence-corrected chi connectivity index (χ3v) is 5.43. The minimum atomic E-state index is -0.614. The first-order chi connectivity index (χ1) is 17.1. The first kappa shape index (κ1) is 27.0. The lowest BCUT2D eigenvalue weighted by Gasteiger charge is -2.34. The molecular formula is C25H34FN5O5. The molecule has 0 aliphatic carbocycles. The molecule has 4 amide bonds. The molecule has 1 atom stereocenters. The second-order valence-electron chi connectivity index (χ2n) is 9.59. The number of nitrogens with one attached hydrogen (secondary N) is 3. The molecule has 1 aliphatic heterocycles. The summed E-state index contributed by atoms with van der Waals surface area (Å²) in [7, 11) is 1.52. The maximum atomic E-state index is 13.8. The predicted octanol–water partition coefficient (Wildman–Crippen LogP) is 3.51. The van der Waals surface area contributed by atoms with Crippen LogP contribution in [0.15, 0.2) is 36.7 Å². The van der Waals surface area contributed by atoms with Crippen molar-refractivity contribution in [3.8, 4) is 5.69 Å². The fourth-order valence-corrected chi connectivity index (χ4v) is 3.80. The Morgan fingerprint density at radius 3 is 2.67 bits per heavy atom. The minimum Gasteiger partial charge on any atom is -0.444 e. The number of hydrogen-bond acceptors (Lipinski definition) is 5. The van der Waals surface area contributed by atoms with Gasteiger partial charge >= 0.3 is 12.1 Å². The molecule has 3 rings (SSSR count). The highest BCUT2D eigenvalue weighted by Gasteiger charge is 2.29. The van der Waals surface area contributed by atoms with E-state index in [1.54, 1.807) is 48.6 Å². The number of rotatable bonds is 7. The number of hydrogen-bond donors (Lipinski definition) is 3. The van der Waals surface area contributed by atoms with Crippen LogP contribution in [0.3, 0.4) is 0 Å². The average molecular weight is 504 g/mol. The Kier molecular flexibility index (Phi) is 8.92. The molecule has 0 radical (unpaired) electrons. The third kappa shape index (κ3) is 7.70. The highest BCUT2D eigenvalue weighted by molar-refractivity contribution is 6.03. The summed E-state index contributed by atoms with van der Waals surface area (Å²) in [6.45, 7) is 6.89. The molecule has 1 aromatic heterocycles. The molecule has 36 heavy (non-hydrogen) atoms. The van der Waals surface area contributed by atoms with E-state index < -0.39 is 29.4 Å². The SMILES string of the molecule is COCCNC(=O)Nc1cn(-c2cccc(F)c2)cc1C(=O)NC1CCCN(C(=O)OC(C)(C)C)C1. The van der Waals surface area contributed by atoms with Crippen LogP contribution in [0.25, 0.3) is 5.69 Å². The molecule has 1 saturated heterocycles. The number of anilines is 1. The molecule has 2 heterocycles. The van der Waals surface area contributed by atoms with Crippen molar-refractivity contribution in [2.75, 3.05) is 38.7 Å². The lowest BCUT2D eigenvalue weighted by atomic mass is 10.1. The summed E-state index contributed by atoms with van der Waals surface area (Å²) in [5, 5.41) is 8.28. The zero-order chi connectivity index (χ0) is 26.3. The molecule has 3 N–H and O–H groups in total. The van der Waals surface area contributed by atoms with Crippen molar-refractivity contribution in [1.29, 1.82) is 0 Å². The van der Waals surface area contributed by atoms with E-state index in [2.05, 4.69) is 16.0 Å². The zero-order valence-corrected chi connectivity index (χ0v) is 21.1. The van der Waals surface area contributed by atoms with Crippen LogP contribution >= 0.6 is 0 Å². The van der Waals surface area contributed by atoms with Crippen molar-refractivity contribution in [2.24, 2.45) is 0 Å². The molecule has 0 bridgehead atoms. The summed E-state index contributed by atoms with van der Waals surface area (Å²) in [4.78, 5) is 39.7. The van der Waals surface area contributed by atoms with Crippen molar-refractivity contribution >= 4 is 23.7 Å². The van der Waals surface area contributed by atoms with Gasteiger partial charge in [0, 0.05) is 50.9 Å². The van der Waals surface area contributed by atoms with E-state index >= 15 is 0 Å². The summed E-state index contributed by atoms with van der Waals surface area (Å²) < 4.78 is 25.7. The largest absolute Gasteiger partial charge is 0.444 e. The van der Waals surface area contributed by atoms with Gasteiger partial charge in [-0.15, -0.1) is 0 Å². The van der Waals surface area contributed by atoms with Gasteiger partial charge in [-0.3, -0.25) is 4.79 Å². The van der Waals surface area contributed by atoms with Gasteiger partial charge in [0.1, 0.15) is 11.4 Å². The average Bonchev–Trinajstić information content (AvgIpc) is 3.22. The van der Waals surface area contributed by atoms with Gasteiger partial charge in [0.05, 0.1) is 17.9 Å². The Morgan fingerprint density at radius 2 is 1.97 bits per heavy atom. The maximum Gasteiger partial charge on any atom is 0.410 e. The Bertz CT molecular complexity index is 1080.